The number of hydrogen-bond acceptors (Lipinski definition) is 7. The Kier molecular flexibility index (Phi) is 4.25. The molecule has 0 spiro atoms. The van der Waals surface area contributed by atoms with Crippen LogP contribution in [0.3, 0.4) is 0 Å². The summed E-state index contributed by atoms with van der Waals surface area (Å²) in [5, 5.41) is 3.33. The predicted octanol–water partition coefficient (Wildman–Crippen LogP) is 1.67. The van der Waals surface area contributed by atoms with E-state index in [-0.39, 0.29) is 6.10 Å². The van der Waals surface area contributed by atoms with Crippen molar-refractivity contribution in [2.24, 2.45) is 5.92 Å². The number of morpholine rings is 1. The van der Waals surface area contributed by atoms with Crippen LogP contribution in [-0.2, 0) is 4.74 Å². The normalized spacial score (nSPS) is 26.2. The van der Waals surface area contributed by atoms with Gasteiger partial charge in [-0.1, -0.05) is 0 Å². The smallest absolute Gasteiger partial charge is 0.225 e. The molecule has 1 aliphatic carbocycles. The molecule has 1 saturated carbocycles. The first kappa shape index (κ1) is 15.3. The van der Waals surface area contributed by atoms with Gasteiger partial charge >= 0.3 is 0 Å². The minimum Gasteiger partial charge on any atom is -0.374 e. The lowest BCUT2D eigenvalue weighted by Gasteiger charge is -2.39. The second-order valence-corrected chi connectivity index (χ2v) is 6.45. The van der Waals surface area contributed by atoms with E-state index < -0.39 is 0 Å². The van der Waals surface area contributed by atoms with Crippen LogP contribution in [0.4, 0.5) is 11.9 Å². The Balaban J connectivity index is 1.43. The Morgan fingerprint density at radius 2 is 1.96 bits per heavy atom. The number of nitrogens with one attached hydrogen (secondary N) is 1. The van der Waals surface area contributed by atoms with Crippen LogP contribution in [0.2, 0.25) is 0 Å². The zero-order valence-corrected chi connectivity index (χ0v) is 13.8. The quantitative estimate of drug-likeness (QED) is 0.916. The van der Waals surface area contributed by atoms with Gasteiger partial charge in [-0.3, -0.25) is 0 Å². The van der Waals surface area contributed by atoms with E-state index in [2.05, 4.69) is 30.2 Å². The van der Waals surface area contributed by atoms with Gasteiger partial charge in [0.25, 0.3) is 0 Å². The van der Waals surface area contributed by atoms with Gasteiger partial charge in [0, 0.05) is 43.8 Å². The number of nitrogens with zero attached hydrogens (tertiary/aromatic N) is 5. The molecule has 7 heteroatoms. The molecule has 0 aromatic carbocycles. The Hall–Kier alpha value is -2.28. The topological polar surface area (TPSA) is 76.1 Å². The maximum atomic E-state index is 6.10. The lowest BCUT2D eigenvalue weighted by molar-refractivity contribution is 0.000779. The van der Waals surface area contributed by atoms with E-state index >= 15 is 0 Å². The van der Waals surface area contributed by atoms with Crippen molar-refractivity contribution in [1.29, 1.82) is 0 Å². The molecule has 126 valence electrons. The van der Waals surface area contributed by atoms with Crippen LogP contribution < -0.4 is 10.2 Å². The summed E-state index contributed by atoms with van der Waals surface area (Å²) >= 11 is 0. The largest absolute Gasteiger partial charge is 0.374 e. The van der Waals surface area contributed by atoms with Crippen LogP contribution in [-0.4, -0.2) is 51.8 Å². The summed E-state index contributed by atoms with van der Waals surface area (Å²) in [6, 6.07) is 2.17. The summed E-state index contributed by atoms with van der Waals surface area (Å²) < 4.78 is 6.10. The van der Waals surface area contributed by atoms with Crippen molar-refractivity contribution in [3.8, 4) is 0 Å². The fourth-order valence-corrected chi connectivity index (χ4v) is 3.67. The molecule has 1 saturated heterocycles. The van der Waals surface area contributed by atoms with Gasteiger partial charge in [-0.2, -0.15) is 0 Å². The summed E-state index contributed by atoms with van der Waals surface area (Å²) in [4.78, 5) is 19.8. The Labute approximate surface area is 141 Å². The highest BCUT2D eigenvalue weighted by molar-refractivity contribution is 5.34. The van der Waals surface area contributed by atoms with Crippen LogP contribution in [0.5, 0.6) is 0 Å². The van der Waals surface area contributed by atoms with E-state index in [4.69, 9.17) is 4.74 Å². The number of hydrogen-bond donors (Lipinski definition) is 1. The standard InChI is InChI=1S/C17H22N6O/c1-12-9-21-17(22-10-12)23-7-8-24-15-13(3-4-14(15)23)11-20-16-18-5-2-6-19-16/h2,5-6,9-10,13-15H,3-4,7-8,11H2,1H3,(H,18,19,20)/t13-,14+,15+/m0/s1. The van der Waals surface area contributed by atoms with Gasteiger partial charge < -0.3 is 15.0 Å². The minimum atomic E-state index is 0.208. The molecule has 0 unspecified atom stereocenters. The molecule has 24 heavy (non-hydrogen) atoms. The van der Waals surface area contributed by atoms with E-state index in [1.54, 1.807) is 12.4 Å². The Morgan fingerprint density at radius 1 is 1.17 bits per heavy atom. The SMILES string of the molecule is Cc1cnc(N2CCO[C@@H]3[C@H](CNc4ncccn4)CC[C@H]32)nc1. The van der Waals surface area contributed by atoms with E-state index in [1.807, 2.05) is 25.4 Å². The van der Waals surface area contributed by atoms with Crippen LogP contribution in [0.15, 0.2) is 30.9 Å². The van der Waals surface area contributed by atoms with Crippen molar-refractivity contribution in [2.45, 2.75) is 31.9 Å². The second kappa shape index (κ2) is 6.68. The average molecular weight is 326 g/mol. The van der Waals surface area contributed by atoms with Crippen molar-refractivity contribution >= 4 is 11.9 Å². The van der Waals surface area contributed by atoms with E-state index in [0.29, 0.717) is 17.9 Å². The maximum Gasteiger partial charge on any atom is 0.225 e. The Bertz CT molecular complexity index is 665. The number of ether oxygens (including phenoxy) is 1. The first-order valence-corrected chi connectivity index (χ1v) is 8.49. The molecule has 0 radical (unpaired) electrons. The van der Waals surface area contributed by atoms with Crippen molar-refractivity contribution in [2.75, 3.05) is 29.9 Å². The highest BCUT2D eigenvalue weighted by Gasteiger charge is 2.43. The number of fused-ring (bicyclic) bond motifs is 1. The summed E-state index contributed by atoms with van der Waals surface area (Å²) in [7, 11) is 0. The van der Waals surface area contributed by atoms with Crippen molar-refractivity contribution < 1.29 is 4.74 Å². The van der Waals surface area contributed by atoms with E-state index in [0.717, 1.165) is 44.0 Å². The molecule has 4 rings (SSSR count). The fourth-order valence-electron chi connectivity index (χ4n) is 3.67. The average Bonchev–Trinajstić information content (AvgIpc) is 3.05. The van der Waals surface area contributed by atoms with Gasteiger partial charge in [0.2, 0.25) is 11.9 Å². The first-order valence-electron chi connectivity index (χ1n) is 8.49. The molecular formula is C17H22N6O. The number of anilines is 2. The van der Waals surface area contributed by atoms with Gasteiger partial charge in [0.1, 0.15) is 0 Å². The van der Waals surface area contributed by atoms with Crippen molar-refractivity contribution in [1.82, 2.24) is 19.9 Å². The summed E-state index contributed by atoms with van der Waals surface area (Å²) in [6.07, 6.45) is 9.70. The minimum absolute atomic E-state index is 0.208. The first-order chi connectivity index (χ1) is 11.8. The molecule has 2 aromatic rings. The monoisotopic (exact) mass is 326 g/mol. The summed E-state index contributed by atoms with van der Waals surface area (Å²) in [6.45, 7) is 4.41. The number of rotatable bonds is 4. The zero-order chi connectivity index (χ0) is 16.4. The van der Waals surface area contributed by atoms with Crippen LogP contribution in [0.25, 0.3) is 0 Å². The van der Waals surface area contributed by atoms with Crippen molar-refractivity contribution in [3.05, 3.63) is 36.4 Å². The lowest BCUT2D eigenvalue weighted by Crippen LogP contribution is -2.51. The van der Waals surface area contributed by atoms with Crippen LogP contribution in [0.1, 0.15) is 18.4 Å². The molecule has 1 aliphatic heterocycles. The molecule has 3 atom stereocenters. The van der Waals surface area contributed by atoms with E-state index in [1.165, 1.54) is 0 Å². The molecule has 1 N–H and O–H groups in total. The van der Waals surface area contributed by atoms with Gasteiger partial charge in [-0.15, -0.1) is 0 Å². The summed E-state index contributed by atoms with van der Waals surface area (Å²) in [5.41, 5.74) is 1.08. The Morgan fingerprint density at radius 3 is 2.75 bits per heavy atom. The van der Waals surface area contributed by atoms with Crippen LogP contribution >= 0.6 is 0 Å². The molecule has 0 bridgehead atoms. The van der Waals surface area contributed by atoms with Gasteiger partial charge in [0.05, 0.1) is 18.8 Å². The molecule has 0 amide bonds. The zero-order valence-electron chi connectivity index (χ0n) is 13.8. The van der Waals surface area contributed by atoms with Gasteiger partial charge in [-0.05, 0) is 31.4 Å². The molecule has 3 heterocycles. The van der Waals surface area contributed by atoms with Gasteiger partial charge in [-0.25, -0.2) is 19.9 Å². The fraction of sp³-hybridized carbons (Fsp3) is 0.529. The summed E-state index contributed by atoms with van der Waals surface area (Å²) in [5.74, 6) is 1.95. The third-order valence-electron chi connectivity index (χ3n) is 4.83. The van der Waals surface area contributed by atoms with Crippen molar-refractivity contribution in [3.63, 3.8) is 0 Å². The lowest BCUT2D eigenvalue weighted by atomic mass is 10.0. The van der Waals surface area contributed by atoms with E-state index in [9.17, 15) is 0 Å². The molecule has 2 aliphatic rings. The highest BCUT2D eigenvalue weighted by atomic mass is 16.5. The van der Waals surface area contributed by atoms with Crippen LogP contribution in [0, 0.1) is 12.8 Å². The molecular weight excluding hydrogens is 304 g/mol. The molecule has 7 nitrogen and oxygen atoms in total. The number of aryl methyl sites for hydroxylation is 1. The maximum absolute atomic E-state index is 6.10. The predicted molar refractivity (Wildman–Crippen MR) is 90.9 cm³/mol. The highest BCUT2D eigenvalue weighted by Crippen LogP contribution is 2.36. The number of aromatic nitrogens is 4. The molecule has 2 fully saturated rings. The third-order valence-corrected chi connectivity index (χ3v) is 4.83. The third kappa shape index (κ3) is 3.03. The second-order valence-electron chi connectivity index (χ2n) is 6.45. The van der Waals surface area contributed by atoms with Gasteiger partial charge in [0.15, 0.2) is 0 Å². The molecule has 2 aromatic heterocycles.